The van der Waals surface area contributed by atoms with E-state index in [1.54, 1.807) is 19.1 Å². The summed E-state index contributed by atoms with van der Waals surface area (Å²) in [6.07, 6.45) is 2.76. The second-order valence-electron chi connectivity index (χ2n) is 6.99. The van der Waals surface area contributed by atoms with Gasteiger partial charge in [-0.05, 0) is 63.6 Å². The zero-order chi connectivity index (χ0) is 21.0. The van der Waals surface area contributed by atoms with Gasteiger partial charge in [-0.2, -0.15) is 0 Å². The van der Waals surface area contributed by atoms with Crippen LogP contribution in [0, 0.1) is 6.92 Å². The Bertz CT molecular complexity index is 933. The summed E-state index contributed by atoms with van der Waals surface area (Å²) in [5.74, 6) is -1.45. The lowest BCUT2D eigenvalue weighted by molar-refractivity contribution is -0.123. The molecule has 1 aromatic carbocycles. The highest BCUT2D eigenvalue weighted by molar-refractivity contribution is 7.17. The Morgan fingerprint density at radius 1 is 1.14 bits per heavy atom. The number of fused-ring (bicyclic) bond motifs is 1. The molecule has 6 nitrogen and oxygen atoms in total. The van der Waals surface area contributed by atoms with Crippen LogP contribution in [0.1, 0.15) is 63.4 Å². The molecule has 1 aliphatic rings. The van der Waals surface area contributed by atoms with Crippen molar-refractivity contribution in [3.05, 3.63) is 51.4 Å². The van der Waals surface area contributed by atoms with Gasteiger partial charge < -0.3 is 14.8 Å². The first-order valence-electron chi connectivity index (χ1n) is 9.81. The van der Waals surface area contributed by atoms with Gasteiger partial charge in [-0.1, -0.05) is 18.2 Å². The Morgan fingerprint density at radius 3 is 2.59 bits per heavy atom. The molecule has 154 valence electrons. The van der Waals surface area contributed by atoms with Gasteiger partial charge in [0.25, 0.3) is 5.91 Å². The number of hydrogen-bond acceptors (Lipinski definition) is 6. The van der Waals surface area contributed by atoms with Crippen LogP contribution in [0.15, 0.2) is 24.3 Å². The number of thiophene rings is 1. The van der Waals surface area contributed by atoms with E-state index in [4.69, 9.17) is 9.47 Å². The number of aryl methyl sites for hydroxylation is 2. The van der Waals surface area contributed by atoms with Crippen LogP contribution in [0.3, 0.4) is 0 Å². The second-order valence-corrected chi connectivity index (χ2v) is 8.09. The summed E-state index contributed by atoms with van der Waals surface area (Å²) in [6.45, 7) is 5.34. The van der Waals surface area contributed by atoms with Gasteiger partial charge in [-0.15, -0.1) is 11.3 Å². The summed E-state index contributed by atoms with van der Waals surface area (Å²) in [4.78, 5) is 38.7. The fraction of sp³-hybridized carbons (Fsp3) is 0.409. The van der Waals surface area contributed by atoms with Crippen molar-refractivity contribution in [3.8, 4) is 0 Å². The Balaban J connectivity index is 1.76. The first kappa shape index (κ1) is 21.0. The highest BCUT2D eigenvalue weighted by Gasteiger charge is 2.29. The van der Waals surface area contributed by atoms with Crippen LogP contribution < -0.4 is 5.32 Å². The number of anilines is 1. The van der Waals surface area contributed by atoms with Crippen LogP contribution in [0.5, 0.6) is 0 Å². The quantitative estimate of drug-likeness (QED) is 0.712. The molecule has 29 heavy (non-hydrogen) atoms. The zero-order valence-electron chi connectivity index (χ0n) is 16.9. The van der Waals surface area contributed by atoms with Gasteiger partial charge in [-0.3, -0.25) is 4.79 Å². The third-order valence-corrected chi connectivity index (χ3v) is 6.11. The number of rotatable bonds is 6. The van der Waals surface area contributed by atoms with Gasteiger partial charge in [0.15, 0.2) is 6.10 Å². The van der Waals surface area contributed by atoms with Crippen molar-refractivity contribution in [2.24, 2.45) is 0 Å². The first-order chi connectivity index (χ1) is 13.9. The van der Waals surface area contributed by atoms with Crippen molar-refractivity contribution >= 4 is 34.2 Å². The SMILES string of the molecule is CCOC(=O)c1c(NC(=O)C(C)OC(=O)c2ccccc2C)sc2c1CCCC2. The molecule has 0 saturated heterocycles. The van der Waals surface area contributed by atoms with Gasteiger partial charge in [0.05, 0.1) is 17.7 Å². The Kier molecular flexibility index (Phi) is 6.69. The van der Waals surface area contributed by atoms with Gasteiger partial charge >= 0.3 is 11.9 Å². The fourth-order valence-corrected chi connectivity index (χ4v) is 4.65. The largest absolute Gasteiger partial charge is 0.462 e. The molecule has 0 fully saturated rings. The fourth-order valence-electron chi connectivity index (χ4n) is 3.37. The van der Waals surface area contributed by atoms with Crippen LogP contribution in [0.4, 0.5) is 5.00 Å². The normalized spacial score (nSPS) is 13.9. The lowest BCUT2D eigenvalue weighted by atomic mass is 9.95. The summed E-state index contributed by atoms with van der Waals surface area (Å²) in [7, 11) is 0. The van der Waals surface area contributed by atoms with Gasteiger partial charge in [0, 0.05) is 4.88 Å². The average Bonchev–Trinajstić information content (AvgIpc) is 3.06. The first-order valence-corrected chi connectivity index (χ1v) is 10.6. The number of hydrogen-bond donors (Lipinski definition) is 1. The smallest absolute Gasteiger partial charge is 0.341 e. The van der Waals surface area contributed by atoms with E-state index in [-0.39, 0.29) is 6.61 Å². The van der Waals surface area contributed by atoms with E-state index in [9.17, 15) is 14.4 Å². The van der Waals surface area contributed by atoms with E-state index < -0.39 is 23.9 Å². The number of carbonyl (C=O) groups excluding carboxylic acids is 3. The topological polar surface area (TPSA) is 81.7 Å². The van der Waals surface area contributed by atoms with Crippen molar-refractivity contribution in [2.75, 3.05) is 11.9 Å². The molecule has 0 spiro atoms. The maximum Gasteiger partial charge on any atom is 0.341 e. The molecule has 1 atom stereocenters. The number of amides is 1. The minimum absolute atomic E-state index is 0.265. The minimum atomic E-state index is -1.00. The molecule has 1 amide bonds. The maximum atomic E-state index is 12.7. The summed E-state index contributed by atoms with van der Waals surface area (Å²) in [6, 6.07) is 7.05. The lowest BCUT2D eigenvalue weighted by Crippen LogP contribution is -2.30. The zero-order valence-corrected chi connectivity index (χ0v) is 17.7. The molecule has 2 aromatic rings. The summed E-state index contributed by atoms with van der Waals surface area (Å²) in [5, 5.41) is 3.25. The van der Waals surface area contributed by atoms with Crippen molar-refractivity contribution in [1.82, 2.24) is 0 Å². The van der Waals surface area contributed by atoms with E-state index in [0.717, 1.165) is 41.7 Å². The van der Waals surface area contributed by atoms with Crippen LogP contribution in [-0.4, -0.2) is 30.6 Å². The molecule has 7 heteroatoms. The monoisotopic (exact) mass is 415 g/mol. The van der Waals surface area contributed by atoms with E-state index in [1.165, 1.54) is 18.3 Å². The van der Waals surface area contributed by atoms with Crippen LogP contribution >= 0.6 is 11.3 Å². The molecule has 1 aliphatic carbocycles. The van der Waals surface area contributed by atoms with Crippen LogP contribution in [0.2, 0.25) is 0 Å². The third-order valence-electron chi connectivity index (χ3n) is 4.91. The number of esters is 2. The predicted molar refractivity (Wildman–Crippen MR) is 112 cm³/mol. The van der Waals surface area contributed by atoms with E-state index in [2.05, 4.69) is 5.32 Å². The summed E-state index contributed by atoms with van der Waals surface area (Å²) < 4.78 is 10.5. The standard InChI is InChI=1S/C22H25NO5S/c1-4-27-22(26)18-16-11-7-8-12-17(16)29-20(18)23-19(24)14(3)28-21(25)15-10-6-5-9-13(15)2/h5-6,9-10,14H,4,7-8,11-12H2,1-3H3,(H,23,24). The predicted octanol–water partition coefficient (Wildman–Crippen LogP) is 4.30. The van der Waals surface area contributed by atoms with Crippen molar-refractivity contribution in [1.29, 1.82) is 0 Å². The Hall–Kier alpha value is -2.67. The molecule has 0 radical (unpaired) electrons. The molecule has 0 bridgehead atoms. The molecule has 1 heterocycles. The lowest BCUT2D eigenvalue weighted by Gasteiger charge is -2.15. The van der Waals surface area contributed by atoms with Crippen molar-refractivity contribution < 1.29 is 23.9 Å². The van der Waals surface area contributed by atoms with Crippen molar-refractivity contribution in [3.63, 3.8) is 0 Å². The van der Waals surface area contributed by atoms with E-state index >= 15 is 0 Å². The molecular weight excluding hydrogens is 390 g/mol. The number of ether oxygens (including phenoxy) is 2. The second kappa shape index (κ2) is 9.22. The van der Waals surface area contributed by atoms with Gasteiger partial charge in [-0.25, -0.2) is 9.59 Å². The molecule has 0 aliphatic heterocycles. The van der Waals surface area contributed by atoms with Crippen molar-refractivity contribution in [2.45, 2.75) is 52.6 Å². The molecule has 1 aromatic heterocycles. The molecule has 1 unspecified atom stereocenters. The molecular formula is C22H25NO5S. The van der Waals surface area contributed by atoms with Gasteiger partial charge in [0.1, 0.15) is 5.00 Å². The Morgan fingerprint density at radius 2 is 1.86 bits per heavy atom. The molecule has 3 rings (SSSR count). The number of carbonyl (C=O) groups is 3. The number of benzene rings is 1. The maximum absolute atomic E-state index is 12.7. The van der Waals surface area contributed by atoms with Crippen LogP contribution in [0.25, 0.3) is 0 Å². The molecule has 0 saturated carbocycles. The highest BCUT2D eigenvalue weighted by atomic mass is 32.1. The summed E-state index contributed by atoms with van der Waals surface area (Å²) in [5.41, 5.74) is 2.61. The Labute approximate surface area is 174 Å². The van der Waals surface area contributed by atoms with Gasteiger partial charge in [0.2, 0.25) is 0 Å². The van der Waals surface area contributed by atoms with Crippen LogP contribution in [-0.2, 0) is 27.1 Å². The highest BCUT2D eigenvalue weighted by Crippen LogP contribution is 2.38. The third kappa shape index (κ3) is 4.67. The average molecular weight is 416 g/mol. The molecule has 1 N–H and O–H groups in total. The minimum Gasteiger partial charge on any atom is -0.462 e. The van der Waals surface area contributed by atoms with E-state index in [0.29, 0.717) is 16.1 Å². The van der Waals surface area contributed by atoms with E-state index in [1.807, 2.05) is 19.1 Å². The number of nitrogens with one attached hydrogen (secondary N) is 1. The summed E-state index contributed by atoms with van der Waals surface area (Å²) >= 11 is 1.41.